The van der Waals surface area contributed by atoms with Crippen molar-refractivity contribution in [3.63, 3.8) is 0 Å². The minimum atomic E-state index is -3.62. The summed E-state index contributed by atoms with van der Waals surface area (Å²) in [5.74, 6) is 0. The van der Waals surface area contributed by atoms with Crippen molar-refractivity contribution in [2.45, 2.75) is 43.9 Å². The van der Waals surface area contributed by atoms with Crippen LogP contribution in [-0.2, 0) is 21.9 Å². The minimum absolute atomic E-state index is 0.0325. The smallest absolute Gasteiger partial charge is 0.261 e. The molecular formula is C24H25NO2S. The van der Waals surface area contributed by atoms with Gasteiger partial charge < -0.3 is 0 Å². The van der Waals surface area contributed by atoms with Crippen LogP contribution in [0.3, 0.4) is 0 Å². The molecule has 4 rings (SSSR count). The average molecular weight is 392 g/mol. The van der Waals surface area contributed by atoms with Crippen LogP contribution in [0.1, 0.15) is 43.9 Å². The first kappa shape index (κ1) is 18.8. The first-order chi connectivity index (χ1) is 13.3. The van der Waals surface area contributed by atoms with E-state index in [9.17, 15) is 8.42 Å². The Morgan fingerprint density at radius 1 is 0.893 bits per heavy atom. The van der Waals surface area contributed by atoms with Gasteiger partial charge in [0, 0.05) is 5.69 Å². The summed E-state index contributed by atoms with van der Waals surface area (Å²) >= 11 is 0. The molecule has 3 nitrogen and oxygen atoms in total. The standard InChI is InChI=1S/C24H25NO2S/c1-4-24(2,3)19-9-12-21(13-10-19)28(26,27)25-20-11-14-23-18(16-20)15-17-7-5-6-8-22(17)23/h5-14,16,25H,4,15H2,1-3H3. The van der Waals surface area contributed by atoms with Crippen molar-refractivity contribution in [3.8, 4) is 11.1 Å². The Balaban J connectivity index is 1.58. The number of nitrogens with one attached hydrogen (secondary N) is 1. The van der Waals surface area contributed by atoms with E-state index >= 15 is 0 Å². The third-order valence-corrected chi connectivity index (χ3v) is 7.27. The molecule has 0 saturated heterocycles. The topological polar surface area (TPSA) is 46.2 Å². The zero-order valence-electron chi connectivity index (χ0n) is 16.5. The molecule has 1 N–H and O–H groups in total. The van der Waals surface area contributed by atoms with E-state index < -0.39 is 10.0 Å². The van der Waals surface area contributed by atoms with Gasteiger partial charge in [0.1, 0.15) is 0 Å². The summed E-state index contributed by atoms with van der Waals surface area (Å²) in [6.45, 7) is 6.47. The Morgan fingerprint density at radius 2 is 1.57 bits per heavy atom. The van der Waals surface area contributed by atoms with Crippen LogP contribution >= 0.6 is 0 Å². The fourth-order valence-corrected chi connectivity index (χ4v) is 4.76. The molecule has 0 saturated carbocycles. The second-order valence-corrected chi connectivity index (χ2v) is 9.76. The zero-order chi connectivity index (χ0) is 19.9. The second kappa shape index (κ2) is 6.78. The Labute approximate surface area is 167 Å². The van der Waals surface area contributed by atoms with Crippen molar-refractivity contribution in [2.24, 2.45) is 0 Å². The number of benzene rings is 3. The molecule has 4 heteroatoms. The maximum atomic E-state index is 12.8. The van der Waals surface area contributed by atoms with Crippen LogP contribution in [0.2, 0.25) is 0 Å². The van der Waals surface area contributed by atoms with E-state index in [1.54, 1.807) is 12.1 Å². The molecule has 0 amide bonds. The summed E-state index contributed by atoms with van der Waals surface area (Å²) in [5.41, 5.74) is 6.64. The fourth-order valence-electron chi connectivity index (χ4n) is 3.71. The van der Waals surface area contributed by atoms with Crippen LogP contribution in [-0.4, -0.2) is 8.42 Å². The van der Waals surface area contributed by atoms with E-state index in [4.69, 9.17) is 0 Å². The molecule has 1 aliphatic rings. The predicted octanol–water partition coefficient (Wildman–Crippen LogP) is 5.75. The SMILES string of the molecule is CCC(C)(C)c1ccc(S(=O)(=O)Nc2ccc3c(c2)Cc2ccccc2-3)cc1. The third kappa shape index (κ3) is 3.33. The van der Waals surface area contributed by atoms with Crippen molar-refractivity contribution in [1.82, 2.24) is 0 Å². The maximum absolute atomic E-state index is 12.8. The van der Waals surface area contributed by atoms with Crippen molar-refractivity contribution >= 4 is 15.7 Å². The van der Waals surface area contributed by atoms with Crippen LogP contribution in [0.4, 0.5) is 5.69 Å². The highest BCUT2D eigenvalue weighted by Gasteiger charge is 2.22. The van der Waals surface area contributed by atoms with Gasteiger partial charge in [-0.3, -0.25) is 4.72 Å². The molecule has 0 heterocycles. The molecule has 0 spiro atoms. The van der Waals surface area contributed by atoms with Gasteiger partial charge in [0.15, 0.2) is 0 Å². The molecule has 0 aliphatic heterocycles. The molecule has 28 heavy (non-hydrogen) atoms. The summed E-state index contributed by atoms with van der Waals surface area (Å²) in [7, 11) is -3.62. The molecule has 0 radical (unpaired) electrons. The minimum Gasteiger partial charge on any atom is -0.280 e. The Morgan fingerprint density at radius 3 is 2.29 bits per heavy atom. The summed E-state index contributed by atoms with van der Waals surface area (Å²) in [6.07, 6.45) is 1.83. The normalized spacial score (nSPS) is 13.1. The third-order valence-electron chi connectivity index (χ3n) is 5.88. The highest BCUT2D eigenvalue weighted by Crippen LogP contribution is 2.38. The largest absolute Gasteiger partial charge is 0.280 e. The lowest BCUT2D eigenvalue weighted by atomic mass is 9.82. The summed E-state index contributed by atoms with van der Waals surface area (Å²) in [5, 5.41) is 0. The average Bonchev–Trinajstić information content (AvgIpc) is 3.05. The molecule has 0 fully saturated rings. The number of anilines is 1. The highest BCUT2D eigenvalue weighted by atomic mass is 32.2. The second-order valence-electron chi connectivity index (χ2n) is 8.07. The van der Waals surface area contributed by atoms with Gasteiger partial charge in [-0.1, -0.05) is 63.2 Å². The molecule has 0 atom stereocenters. The lowest BCUT2D eigenvalue weighted by molar-refractivity contribution is 0.506. The van der Waals surface area contributed by atoms with Crippen molar-refractivity contribution in [2.75, 3.05) is 4.72 Å². The Kier molecular flexibility index (Phi) is 4.54. The lowest BCUT2D eigenvalue weighted by Gasteiger charge is -2.23. The molecule has 0 aromatic heterocycles. The Hall–Kier alpha value is -2.59. The van der Waals surface area contributed by atoms with Gasteiger partial charge in [-0.2, -0.15) is 0 Å². The van der Waals surface area contributed by atoms with Crippen molar-refractivity contribution < 1.29 is 8.42 Å². The maximum Gasteiger partial charge on any atom is 0.261 e. The molecule has 3 aromatic carbocycles. The molecule has 0 bridgehead atoms. The Bertz CT molecular complexity index is 1130. The molecule has 144 valence electrons. The summed E-state index contributed by atoms with van der Waals surface area (Å²) < 4.78 is 28.4. The van der Waals surface area contributed by atoms with E-state index in [-0.39, 0.29) is 10.3 Å². The number of hydrogen-bond acceptors (Lipinski definition) is 2. The number of sulfonamides is 1. The van der Waals surface area contributed by atoms with Crippen LogP contribution in [0.5, 0.6) is 0 Å². The molecule has 3 aromatic rings. The van der Waals surface area contributed by atoms with E-state index in [1.807, 2.05) is 42.5 Å². The zero-order valence-corrected chi connectivity index (χ0v) is 17.3. The van der Waals surface area contributed by atoms with Gasteiger partial charge in [0.2, 0.25) is 0 Å². The fraction of sp³-hybridized carbons (Fsp3) is 0.250. The van der Waals surface area contributed by atoms with Crippen LogP contribution in [0.25, 0.3) is 11.1 Å². The predicted molar refractivity (Wildman–Crippen MR) is 115 cm³/mol. The number of fused-ring (bicyclic) bond motifs is 3. The van der Waals surface area contributed by atoms with Gasteiger partial charge >= 0.3 is 0 Å². The molecule has 1 aliphatic carbocycles. The number of hydrogen-bond donors (Lipinski definition) is 1. The quantitative estimate of drug-likeness (QED) is 0.471. The van der Waals surface area contributed by atoms with Gasteiger partial charge in [-0.05, 0) is 70.3 Å². The van der Waals surface area contributed by atoms with Gasteiger partial charge in [0.25, 0.3) is 10.0 Å². The van der Waals surface area contributed by atoms with E-state index in [1.165, 1.54) is 16.7 Å². The number of rotatable bonds is 5. The first-order valence-corrected chi connectivity index (χ1v) is 11.1. The molecule has 0 unspecified atom stereocenters. The van der Waals surface area contributed by atoms with Crippen LogP contribution in [0, 0.1) is 0 Å². The van der Waals surface area contributed by atoms with Crippen molar-refractivity contribution in [1.29, 1.82) is 0 Å². The monoisotopic (exact) mass is 391 g/mol. The summed E-state index contributed by atoms with van der Waals surface area (Å²) in [6, 6.07) is 21.3. The van der Waals surface area contributed by atoms with E-state index in [0.717, 1.165) is 24.0 Å². The molecular weight excluding hydrogens is 366 g/mol. The summed E-state index contributed by atoms with van der Waals surface area (Å²) in [4.78, 5) is 0.284. The van der Waals surface area contributed by atoms with E-state index in [2.05, 4.69) is 37.6 Å². The highest BCUT2D eigenvalue weighted by molar-refractivity contribution is 7.92. The van der Waals surface area contributed by atoms with Gasteiger partial charge in [-0.15, -0.1) is 0 Å². The van der Waals surface area contributed by atoms with Gasteiger partial charge in [-0.25, -0.2) is 8.42 Å². The van der Waals surface area contributed by atoms with Crippen molar-refractivity contribution in [3.05, 3.63) is 83.4 Å². The van der Waals surface area contributed by atoms with Crippen LogP contribution < -0.4 is 4.72 Å². The first-order valence-electron chi connectivity index (χ1n) is 9.65. The van der Waals surface area contributed by atoms with Crippen LogP contribution in [0.15, 0.2) is 71.6 Å². The lowest BCUT2D eigenvalue weighted by Crippen LogP contribution is -2.17. The van der Waals surface area contributed by atoms with E-state index in [0.29, 0.717) is 5.69 Å². The van der Waals surface area contributed by atoms with Gasteiger partial charge in [0.05, 0.1) is 4.90 Å².